The molecule has 0 unspecified atom stereocenters. The molecule has 0 spiro atoms. The molecule has 0 saturated carbocycles. The van der Waals surface area contributed by atoms with E-state index in [0.717, 1.165) is 0 Å². The van der Waals surface area contributed by atoms with Gasteiger partial charge in [-0.25, -0.2) is 0 Å². The van der Waals surface area contributed by atoms with Crippen molar-refractivity contribution in [1.82, 2.24) is 0 Å². The first-order valence-electron chi connectivity index (χ1n) is 8.32. The van der Waals surface area contributed by atoms with Crippen molar-refractivity contribution in [2.75, 3.05) is 27.4 Å². The summed E-state index contributed by atoms with van der Waals surface area (Å²) in [6.45, 7) is 2.35. The van der Waals surface area contributed by atoms with E-state index in [1.54, 1.807) is 19.1 Å². The molecule has 1 N–H and O–H groups in total. The molecule has 1 aliphatic heterocycles. The van der Waals surface area contributed by atoms with Crippen molar-refractivity contribution in [1.29, 1.82) is 0 Å². The average molecular weight is 376 g/mol. The van der Waals surface area contributed by atoms with Gasteiger partial charge in [0.2, 0.25) is 16.9 Å². The standard InChI is InChI=1S/C19H20O8/c1-10-6-13(20)17(22)18(27-10)12(9-16(21)24-3)11-7-14(23-2)19-15(8-11)25-4-5-26-19/h6-8,12,22H,4-5,9H2,1-3H3/t12-/m0/s1. The molecule has 27 heavy (non-hydrogen) atoms. The number of carbonyl (C=O) groups excluding carboxylic acids is 1. The Morgan fingerprint density at radius 3 is 2.67 bits per heavy atom. The fourth-order valence-corrected chi connectivity index (χ4v) is 2.97. The molecule has 8 heteroatoms. The van der Waals surface area contributed by atoms with Crippen molar-refractivity contribution < 1.29 is 33.3 Å². The zero-order chi connectivity index (χ0) is 19.6. The summed E-state index contributed by atoms with van der Waals surface area (Å²) in [7, 11) is 2.74. The summed E-state index contributed by atoms with van der Waals surface area (Å²) in [5.74, 6) is -0.266. The zero-order valence-corrected chi connectivity index (χ0v) is 15.2. The van der Waals surface area contributed by atoms with Gasteiger partial charge in [-0.1, -0.05) is 0 Å². The fraction of sp³-hybridized carbons (Fsp3) is 0.368. The number of ether oxygens (including phenoxy) is 4. The normalized spacial score (nSPS) is 13.7. The van der Waals surface area contributed by atoms with Crippen LogP contribution in [0, 0.1) is 6.92 Å². The predicted molar refractivity (Wildman–Crippen MR) is 93.8 cm³/mol. The van der Waals surface area contributed by atoms with Crippen LogP contribution < -0.4 is 19.6 Å². The molecular formula is C19H20O8. The van der Waals surface area contributed by atoms with E-state index in [1.165, 1.54) is 20.3 Å². The Labute approximate surface area is 155 Å². The Kier molecular flexibility index (Phi) is 5.25. The molecule has 1 atom stereocenters. The molecule has 0 bridgehead atoms. The van der Waals surface area contributed by atoms with Gasteiger partial charge < -0.3 is 28.5 Å². The zero-order valence-electron chi connectivity index (χ0n) is 15.2. The molecule has 0 fully saturated rings. The average Bonchev–Trinajstić information content (AvgIpc) is 2.67. The Morgan fingerprint density at radius 2 is 1.96 bits per heavy atom. The third-order valence-corrected chi connectivity index (χ3v) is 4.24. The highest BCUT2D eigenvalue weighted by Gasteiger charge is 2.29. The second kappa shape index (κ2) is 7.61. The lowest BCUT2D eigenvalue weighted by Gasteiger charge is -2.24. The van der Waals surface area contributed by atoms with Crippen molar-refractivity contribution in [3.8, 4) is 23.0 Å². The van der Waals surface area contributed by atoms with E-state index in [2.05, 4.69) is 0 Å². The molecule has 0 amide bonds. The molecule has 2 aromatic rings. The van der Waals surface area contributed by atoms with Crippen molar-refractivity contribution in [3.05, 3.63) is 45.5 Å². The summed E-state index contributed by atoms with van der Waals surface area (Å²) in [6, 6.07) is 4.51. The van der Waals surface area contributed by atoms with Crippen LogP contribution in [0.2, 0.25) is 0 Å². The van der Waals surface area contributed by atoms with Crippen molar-refractivity contribution >= 4 is 5.97 Å². The molecule has 0 radical (unpaired) electrons. The fourth-order valence-electron chi connectivity index (χ4n) is 2.97. The second-order valence-corrected chi connectivity index (χ2v) is 6.01. The number of carbonyl (C=O) groups is 1. The highest BCUT2D eigenvalue weighted by atomic mass is 16.6. The van der Waals surface area contributed by atoms with Crippen LogP contribution in [0.25, 0.3) is 0 Å². The Bertz CT molecular complexity index is 897. The van der Waals surface area contributed by atoms with Crippen LogP contribution >= 0.6 is 0 Å². The van der Waals surface area contributed by atoms with E-state index < -0.39 is 23.1 Å². The van der Waals surface area contributed by atoms with Gasteiger partial charge in [-0.3, -0.25) is 9.59 Å². The van der Waals surface area contributed by atoms with E-state index in [-0.39, 0.29) is 12.2 Å². The molecule has 8 nitrogen and oxygen atoms in total. The second-order valence-electron chi connectivity index (χ2n) is 6.01. The Balaban J connectivity index is 2.17. The molecule has 1 aromatic carbocycles. The third-order valence-electron chi connectivity index (χ3n) is 4.24. The van der Waals surface area contributed by atoms with Crippen molar-refractivity contribution in [2.24, 2.45) is 0 Å². The molecule has 0 saturated heterocycles. The van der Waals surface area contributed by atoms with Crippen LogP contribution in [-0.4, -0.2) is 38.5 Å². The van der Waals surface area contributed by atoms with Gasteiger partial charge in [-0.05, 0) is 24.6 Å². The van der Waals surface area contributed by atoms with Gasteiger partial charge in [-0.15, -0.1) is 0 Å². The molecule has 144 valence electrons. The summed E-state index contributed by atoms with van der Waals surface area (Å²) in [5.41, 5.74) is -0.0429. The van der Waals surface area contributed by atoms with Crippen molar-refractivity contribution in [2.45, 2.75) is 19.3 Å². The minimum Gasteiger partial charge on any atom is -0.502 e. The maximum atomic E-state index is 12.0. The molecule has 2 heterocycles. The van der Waals surface area contributed by atoms with E-state index >= 15 is 0 Å². The summed E-state index contributed by atoms with van der Waals surface area (Å²) in [6.07, 6.45) is -0.154. The third kappa shape index (κ3) is 3.69. The van der Waals surface area contributed by atoms with E-state index in [9.17, 15) is 14.7 Å². The largest absolute Gasteiger partial charge is 0.502 e. The summed E-state index contributed by atoms with van der Waals surface area (Å²) < 4.78 is 26.9. The minimum absolute atomic E-state index is 0.0240. The number of rotatable bonds is 5. The predicted octanol–water partition coefficient (Wildman–Crippen LogP) is 2.13. The quantitative estimate of drug-likeness (QED) is 0.792. The monoisotopic (exact) mass is 376 g/mol. The maximum Gasteiger partial charge on any atom is 0.306 e. The number of esters is 1. The van der Waals surface area contributed by atoms with Gasteiger partial charge in [0.1, 0.15) is 19.0 Å². The molecular weight excluding hydrogens is 356 g/mol. The topological polar surface area (TPSA) is 104 Å². The number of hydrogen-bond acceptors (Lipinski definition) is 8. The molecule has 1 aromatic heterocycles. The van der Waals surface area contributed by atoms with Crippen LogP contribution in [0.15, 0.2) is 27.4 Å². The Hall–Kier alpha value is -3.16. The summed E-state index contributed by atoms with van der Waals surface area (Å²) >= 11 is 0. The van der Waals surface area contributed by atoms with Crippen LogP contribution in [0.1, 0.15) is 29.4 Å². The van der Waals surface area contributed by atoms with Crippen LogP contribution in [-0.2, 0) is 9.53 Å². The first kappa shape index (κ1) is 18.6. The van der Waals surface area contributed by atoms with Gasteiger partial charge >= 0.3 is 5.97 Å². The molecule has 0 aliphatic carbocycles. The van der Waals surface area contributed by atoms with Gasteiger partial charge in [0.15, 0.2) is 17.3 Å². The number of methoxy groups -OCH3 is 2. The summed E-state index contributed by atoms with van der Waals surface area (Å²) in [4.78, 5) is 24.0. The summed E-state index contributed by atoms with van der Waals surface area (Å²) in [5, 5.41) is 10.3. The maximum absolute atomic E-state index is 12.0. The van der Waals surface area contributed by atoms with E-state index in [1.807, 2.05) is 0 Å². The van der Waals surface area contributed by atoms with Crippen LogP contribution in [0.3, 0.4) is 0 Å². The first-order chi connectivity index (χ1) is 12.9. The van der Waals surface area contributed by atoms with E-state index in [0.29, 0.717) is 41.8 Å². The lowest BCUT2D eigenvalue weighted by Crippen LogP contribution is -2.18. The lowest BCUT2D eigenvalue weighted by molar-refractivity contribution is -0.140. The van der Waals surface area contributed by atoms with Gasteiger partial charge in [0.05, 0.1) is 26.6 Å². The highest BCUT2D eigenvalue weighted by Crippen LogP contribution is 2.44. The van der Waals surface area contributed by atoms with Crippen molar-refractivity contribution in [3.63, 3.8) is 0 Å². The lowest BCUT2D eigenvalue weighted by atomic mass is 9.91. The van der Waals surface area contributed by atoms with Crippen LogP contribution in [0.5, 0.6) is 23.0 Å². The first-order valence-corrected chi connectivity index (χ1v) is 8.32. The van der Waals surface area contributed by atoms with Crippen LogP contribution in [0.4, 0.5) is 0 Å². The molecule has 1 aliphatic rings. The number of aryl methyl sites for hydroxylation is 1. The number of hydrogen-bond donors (Lipinski definition) is 1. The van der Waals surface area contributed by atoms with Gasteiger partial charge in [0.25, 0.3) is 0 Å². The SMILES string of the molecule is COC(=O)C[C@@H](c1cc(OC)c2c(c1)OCCO2)c1oc(C)cc(=O)c1O. The molecule has 3 rings (SSSR count). The number of fused-ring (bicyclic) bond motifs is 1. The van der Waals surface area contributed by atoms with Gasteiger partial charge in [0, 0.05) is 6.07 Å². The van der Waals surface area contributed by atoms with E-state index in [4.69, 9.17) is 23.4 Å². The number of aromatic hydroxyl groups is 1. The minimum atomic E-state index is -0.783. The Morgan fingerprint density at radius 1 is 1.22 bits per heavy atom. The number of benzene rings is 1. The van der Waals surface area contributed by atoms with Gasteiger partial charge in [-0.2, -0.15) is 0 Å². The highest BCUT2D eigenvalue weighted by molar-refractivity contribution is 5.71. The smallest absolute Gasteiger partial charge is 0.306 e.